The summed E-state index contributed by atoms with van der Waals surface area (Å²) in [5, 5.41) is 12.0. The van der Waals surface area contributed by atoms with E-state index in [-0.39, 0.29) is 23.6 Å². The lowest BCUT2D eigenvalue weighted by molar-refractivity contribution is 0.102. The Morgan fingerprint density at radius 1 is 1.12 bits per heavy atom. The molecule has 9 nitrogen and oxygen atoms in total. The van der Waals surface area contributed by atoms with Gasteiger partial charge in [-0.15, -0.1) is 10.2 Å². The van der Waals surface area contributed by atoms with Crippen LogP contribution in [-0.2, 0) is 10.0 Å². The molecule has 3 heterocycles. The zero-order chi connectivity index (χ0) is 23.9. The maximum Gasteiger partial charge on any atom is 0.286 e. The van der Waals surface area contributed by atoms with E-state index in [9.17, 15) is 13.2 Å². The van der Waals surface area contributed by atoms with Gasteiger partial charge in [0.05, 0.1) is 4.90 Å². The first-order valence-corrected chi connectivity index (χ1v) is 13.2. The van der Waals surface area contributed by atoms with Gasteiger partial charge in [-0.25, -0.2) is 8.42 Å². The predicted octanol–water partition coefficient (Wildman–Crippen LogP) is 3.70. The topological polar surface area (TPSA) is 111 Å². The minimum absolute atomic E-state index is 0.113. The largest absolute Gasteiger partial charge is 0.454 e. The Morgan fingerprint density at radius 2 is 1.94 bits per heavy atom. The van der Waals surface area contributed by atoms with Crippen LogP contribution in [0.25, 0.3) is 0 Å². The fourth-order valence-corrected chi connectivity index (χ4v) is 6.83. The third kappa shape index (κ3) is 4.38. The van der Waals surface area contributed by atoms with E-state index in [0.29, 0.717) is 46.6 Å². The summed E-state index contributed by atoms with van der Waals surface area (Å²) in [4.78, 5) is 13.0. The second-order valence-corrected chi connectivity index (χ2v) is 11.4. The SMILES string of the molecule is Cc1ccc(C)c(S(=O)(=O)N2CCC[C@@H](c3nnc(C(=O)Nc4ccc5c(c4)OCO5)s3)C2)c1. The molecule has 5 rings (SSSR count). The second kappa shape index (κ2) is 8.97. The Balaban J connectivity index is 1.30. The molecule has 2 aliphatic heterocycles. The van der Waals surface area contributed by atoms with Gasteiger partial charge in [-0.3, -0.25) is 4.79 Å². The summed E-state index contributed by atoms with van der Waals surface area (Å²) in [5.74, 6) is 0.716. The molecule has 0 spiro atoms. The molecule has 1 atom stereocenters. The van der Waals surface area contributed by atoms with E-state index >= 15 is 0 Å². The van der Waals surface area contributed by atoms with Crippen LogP contribution in [0.2, 0.25) is 0 Å². The van der Waals surface area contributed by atoms with Crippen LogP contribution < -0.4 is 14.8 Å². The molecule has 1 saturated heterocycles. The van der Waals surface area contributed by atoms with Gasteiger partial charge in [0.15, 0.2) is 11.5 Å². The van der Waals surface area contributed by atoms with E-state index in [2.05, 4.69) is 15.5 Å². The van der Waals surface area contributed by atoms with Gasteiger partial charge in [-0.2, -0.15) is 4.31 Å². The molecule has 1 fully saturated rings. The number of nitrogens with zero attached hydrogens (tertiary/aromatic N) is 3. The smallest absolute Gasteiger partial charge is 0.286 e. The number of nitrogens with one attached hydrogen (secondary N) is 1. The summed E-state index contributed by atoms with van der Waals surface area (Å²) in [6.45, 7) is 4.62. The molecule has 0 aliphatic carbocycles. The number of aromatic nitrogens is 2. The molecule has 1 N–H and O–H groups in total. The predicted molar refractivity (Wildman–Crippen MR) is 127 cm³/mol. The van der Waals surface area contributed by atoms with Gasteiger partial charge in [-0.05, 0) is 56.0 Å². The number of carbonyl (C=O) groups is 1. The van der Waals surface area contributed by atoms with Crippen LogP contribution in [0.3, 0.4) is 0 Å². The maximum atomic E-state index is 13.3. The van der Waals surface area contributed by atoms with E-state index < -0.39 is 10.0 Å². The van der Waals surface area contributed by atoms with E-state index in [1.165, 1.54) is 15.6 Å². The number of carbonyl (C=O) groups excluding carboxylic acids is 1. The number of sulfonamides is 1. The van der Waals surface area contributed by atoms with Crippen molar-refractivity contribution in [1.82, 2.24) is 14.5 Å². The van der Waals surface area contributed by atoms with Crippen LogP contribution in [-0.4, -0.2) is 48.7 Å². The second-order valence-electron chi connectivity index (χ2n) is 8.44. The monoisotopic (exact) mass is 500 g/mol. The molecule has 178 valence electrons. The number of rotatable bonds is 5. The Hall–Kier alpha value is -3.02. The number of benzene rings is 2. The summed E-state index contributed by atoms with van der Waals surface area (Å²) in [7, 11) is -3.62. The van der Waals surface area contributed by atoms with Crippen LogP contribution in [0.15, 0.2) is 41.3 Å². The highest BCUT2D eigenvalue weighted by Gasteiger charge is 2.33. The molecule has 0 bridgehead atoms. The molecule has 1 aromatic heterocycles. The molecule has 1 amide bonds. The average Bonchev–Trinajstić information content (AvgIpc) is 3.50. The van der Waals surface area contributed by atoms with Crippen LogP contribution in [0.4, 0.5) is 5.69 Å². The maximum absolute atomic E-state index is 13.3. The summed E-state index contributed by atoms with van der Waals surface area (Å²) < 4.78 is 38.8. The Kier molecular flexibility index (Phi) is 6.00. The number of fused-ring (bicyclic) bond motifs is 1. The van der Waals surface area contributed by atoms with Gasteiger partial charge in [0.25, 0.3) is 5.91 Å². The number of piperidine rings is 1. The van der Waals surface area contributed by atoms with Crippen molar-refractivity contribution in [3.63, 3.8) is 0 Å². The minimum atomic E-state index is -3.62. The summed E-state index contributed by atoms with van der Waals surface area (Å²) in [6.07, 6.45) is 1.50. The zero-order valence-corrected chi connectivity index (χ0v) is 20.4. The van der Waals surface area contributed by atoms with Gasteiger partial charge < -0.3 is 14.8 Å². The number of anilines is 1. The van der Waals surface area contributed by atoms with E-state index in [4.69, 9.17) is 9.47 Å². The Morgan fingerprint density at radius 3 is 2.79 bits per heavy atom. The van der Waals surface area contributed by atoms with Crippen molar-refractivity contribution in [2.24, 2.45) is 0 Å². The number of aryl methyl sites for hydroxylation is 2. The summed E-state index contributed by atoms with van der Waals surface area (Å²) in [6, 6.07) is 10.6. The molecule has 34 heavy (non-hydrogen) atoms. The van der Waals surface area contributed by atoms with Crippen molar-refractivity contribution in [2.75, 3.05) is 25.2 Å². The number of amides is 1. The first-order chi connectivity index (χ1) is 16.3. The molecule has 2 aliphatic rings. The molecule has 3 aromatic rings. The van der Waals surface area contributed by atoms with Crippen LogP contribution in [0.5, 0.6) is 11.5 Å². The average molecular weight is 501 g/mol. The number of ether oxygens (including phenoxy) is 2. The fraction of sp³-hybridized carbons (Fsp3) is 0.348. The van der Waals surface area contributed by atoms with Gasteiger partial charge in [0.2, 0.25) is 21.8 Å². The lowest BCUT2D eigenvalue weighted by Crippen LogP contribution is -2.39. The minimum Gasteiger partial charge on any atom is -0.454 e. The molecular weight excluding hydrogens is 476 g/mol. The van der Waals surface area contributed by atoms with E-state index in [0.717, 1.165) is 17.5 Å². The standard InChI is InChI=1S/C23H24N4O5S2/c1-14-5-6-15(2)20(10-14)34(29,30)27-9-3-4-16(12-27)22-25-26-23(33-22)21(28)24-17-7-8-18-19(11-17)32-13-31-18/h5-8,10-11,16H,3-4,9,12-13H2,1-2H3,(H,24,28)/t16-/m1/s1. The van der Waals surface area contributed by atoms with Crippen molar-refractivity contribution in [3.05, 3.63) is 57.5 Å². The van der Waals surface area contributed by atoms with E-state index in [1.54, 1.807) is 24.3 Å². The highest BCUT2D eigenvalue weighted by molar-refractivity contribution is 7.89. The van der Waals surface area contributed by atoms with Crippen LogP contribution in [0.1, 0.15) is 44.7 Å². The lowest BCUT2D eigenvalue weighted by atomic mass is 10.0. The molecule has 11 heteroatoms. The highest BCUT2D eigenvalue weighted by Crippen LogP contribution is 2.35. The zero-order valence-electron chi connectivity index (χ0n) is 18.8. The van der Waals surface area contributed by atoms with Crippen molar-refractivity contribution >= 4 is 33.0 Å². The first-order valence-electron chi connectivity index (χ1n) is 10.9. The molecule has 2 aromatic carbocycles. The molecule has 0 unspecified atom stereocenters. The third-order valence-electron chi connectivity index (χ3n) is 5.96. The van der Waals surface area contributed by atoms with Gasteiger partial charge >= 0.3 is 0 Å². The number of hydrogen-bond acceptors (Lipinski definition) is 8. The first kappa shape index (κ1) is 22.8. The molecular formula is C23H24N4O5S2. The Labute approximate surface area is 201 Å². The quantitative estimate of drug-likeness (QED) is 0.569. The normalized spacial score (nSPS) is 18.1. The van der Waals surface area contributed by atoms with Crippen LogP contribution >= 0.6 is 11.3 Å². The fourth-order valence-electron chi connectivity index (χ4n) is 4.14. The van der Waals surface area contributed by atoms with Gasteiger partial charge in [0, 0.05) is 30.8 Å². The van der Waals surface area contributed by atoms with Gasteiger partial charge in [-0.1, -0.05) is 23.5 Å². The van der Waals surface area contributed by atoms with Crippen molar-refractivity contribution in [3.8, 4) is 11.5 Å². The number of hydrogen-bond donors (Lipinski definition) is 1. The molecule has 0 saturated carbocycles. The summed E-state index contributed by atoms with van der Waals surface area (Å²) in [5.41, 5.74) is 2.19. The van der Waals surface area contributed by atoms with Crippen molar-refractivity contribution < 1.29 is 22.7 Å². The third-order valence-corrected chi connectivity index (χ3v) is 9.05. The van der Waals surface area contributed by atoms with Crippen molar-refractivity contribution in [1.29, 1.82) is 0 Å². The molecule has 0 radical (unpaired) electrons. The van der Waals surface area contributed by atoms with Gasteiger partial charge in [0.1, 0.15) is 5.01 Å². The highest BCUT2D eigenvalue weighted by atomic mass is 32.2. The Bertz CT molecular complexity index is 1360. The van der Waals surface area contributed by atoms with Crippen LogP contribution in [0, 0.1) is 13.8 Å². The lowest BCUT2D eigenvalue weighted by Gasteiger charge is -2.31. The van der Waals surface area contributed by atoms with Crippen molar-refractivity contribution in [2.45, 2.75) is 37.5 Å². The van der Waals surface area contributed by atoms with E-state index in [1.807, 2.05) is 26.0 Å². The summed E-state index contributed by atoms with van der Waals surface area (Å²) >= 11 is 1.19.